The normalized spacial score (nSPS) is 10.9. The number of carbonyl (C=O) groups excluding carboxylic acids is 2. The van der Waals surface area contributed by atoms with Gasteiger partial charge in [0.05, 0.1) is 13.2 Å². The SMILES string of the molecule is CCCCCCCCCC(=O)OCCCCCCOC(=O)CCCCCCCCC. The molecular weight excluding hydrogens is 376 g/mol. The zero-order chi connectivity index (χ0) is 22.1. The van der Waals surface area contributed by atoms with Gasteiger partial charge in [-0.05, 0) is 38.5 Å². The third-order valence-corrected chi connectivity index (χ3v) is 5.53. The lowest BCUT2D eigenvalue weighted by Gasteiger charge is -2.06. The second-order valence-electron chi connectivity index (χ2n) is 8.60. The number of rotatable bonds is 23. The summed E-state index contributed by atoms with van der Waals surface area (Å²) in [6, 6.07) is 0. The predicted octanol–water partition coefficient (Wildman–Crippen LogP) is 7.91. The van der Waals surface area contributed by atoms with Crippen molar-refractivity contribution < 1.29 is 19.1 Å². The molecule has 0 heterocycles. The van der Waals surface area contributed by atoms with Crippen LogP contribution in [0.3, 0.4) is 0 Å². The van der Waals surface area contributed by atoms with Gasteiger partial charge in [-0.2, -0.15) is 0 Å². The molecule has 0 saturated heterocycles. The molecule has 0 aromatic heterocycles. The van der Waals surface area contributed by atoms with Crippen molar-refractivity contribution in [3.05, 3.63) is 0 Å². The van der Waals surface area contributed by atoms with Crippen molar-refractivity contribution in [2.45, 2.75) is 142 Å². The van der Waals surface area contributed by atoms with E-state index < -0.39 is 0 Å². The highest BCUT2D eigenvalue weighted by molar-refractivity contribution is 5.69. The van der Waals surface area contributed by atoms with Crippen LogP contribution in [0.2, 0.25) is 0 Å². The van der Waals surface area contributed by atoms with E-state index in [1.807, 2.05) is 0 Å². The average Bonchev–Trinajstić information content (AvgIpc) is 2.74. The van der Waals surface area contributed by atoms with Crippen LogP contribution in [0, 0.1) is 0 Å². The van der Waals surface area contributed by atoms with E-state index >= 15 is 0 Å². The summed E-state index contributed by atoms with van der Waals surface area (Å²) in [6.45, 7) is 5.49. The smallest absolute Gasteiger partial charge is 0.305 e. The van der Waals surface area contributed by atoms with E-state index in [1.54, 1.807) is 0 Å². The summed E-state index contributed by atoms with van der Waals surface area (Å²) in [5.74, 6) is -0.106. The molecule has 0 fully saturated rings. The molecule has 0 unspecified atom stereocenters. The standard InChI is InChI=1S/C26H50O4/c1-3-5-7-9-11-13-17-21-25(27)29-23-19-15-16-20-24-30-26(28)22-18-14-12-10-8-6-4-2/h3-24H2,1-2H3. The number of carbonyl (C=O) groups is 2. The zero-order valence-corrected chi connectivity index (χ0v) is 20.2. The van der Waals surface area contributed by atoms with Crippen LogP contribution in [0.25, 0.3) is 0 Å². The molecule has 0 aliphatic rings. The van der Waals surface area contributed by atoms with Gasteiger partial charge in [0.2, 0.25) is 0 Å². The fourth-order valence-corrected chi connectivity index (χ4v) is 3.53. The number of unbranched alkanes of at least 4 members (excludes halogenated alkanes) is 15. The minimum Gasteiger partial charge on any atom is -0.466 e. The van der Waals surface area contributed by atoms with Crippen LogP contribution < -0.4 is 0 Å². The van der Waals surface area contributed by atoms with Crippen LogP contribution >= 0.6 is 0 Å². The summed E-state index contributed by atoms with van der Waals surface area (Å²) in [5.41, 5.74) is 0. The topological polar surface area (TPSA) is 52.6 Å². The monoisotopic (exact) mass is 426 g/mol. The molecule has 0 atom stereocenters. The lowest BCUT2D eigenvalue weighted by atomic mass is 10.1. The van der Waals surface area contributed by atoms with Crippen molar-refractivity contribution in [3.63, 3.8) is 0 Å². The summed E-state index contributed by atoms with van der Waals surface area (Å²) in [7, 11) is 0. The van der Waals surface area contributed by atoms with Crippen molar-refractivity contribution >= 4 is 11.9 Å². The second kappa shape index (κ2) is 24.2. The quantitative estimate of drug-likeness (QED) is 0.123. The largest absolute Gasteiger partial charge is 0.466 e. The number of esters is 2. The zero-order valence-electron chi connectivity index (χ0n) is 20.2. The highest BCUT2D eigenvalue weighted by atomic mass is 16.5. The van der Waals surface area contributed by atoms with Crippen molar-refractivity contribution in [3.8, 4) is 0 Å². The highest BCUT2D eigenvalue weighted by Gasteiger charge is 2.04. The molecule has 4 nitrogen and oxygen atoms in total. The highest BCUT2D eigenvalue weighted by Crippen LogP contribution is 2.10. The minimum atomic E-state index is -0.0529. The Labute approximate surface area is 186 Å². The van der Waals surface area contributed by atoms with E-state index in [4.69, 9.17) is 9.47 Å². The third-order valence-electron chi connectivity index (χ3n) is 5.53. The maximum Gasteiger partial charge on any atom is 0.305 e. The fourth-order valence-electron chi connectivity index (χ4n) is 3.53. The van der Waals surface area contributed by atoms with Gasteiger partial charge in [-0.15, -0.1) is 0 Å². The van der Waals surface area contributed by atoms with Gasteiger partial charge in [0.15, 0.2) is 0 Å². The molecule has 0 saturated carbocycles. The second-order valence-corrected chi connectivity index (χ2v) is 8.60. The lowest BCUT2D eigenvalue weighted by molar-refractivity contribution is -0.145. The van der Waals surface area contributed by atoms with E-state index in [0.29, 0.717) is 26.1 Å². The van der Waals surface area contributed by atoms with E-state index in [9.17, 15) is 9.59 Å². The molecule has 30 heavy (non-hydrogen) atoms. The molecule has 0 aromatic rings. The van der Waals surface area contributed by atoms with Crippen LogP contribution in [-0.4, -0.2) is 25.2 Å². The number of hydrogen-bond donors (Lipinski definition) is 0. The van der Waals surface area contributed by atoms with Crippen LogP contribution in [-0.2, 0) is 19.1 Å². The molecule has 0 rings (SSSR count). The molecular formula is C26H50O4. The first-order chi connectivity index (χ1) is 14.7. The van der Waals surface area contributed by atoms with Crippen molar-refractivity contribution in [2.75, 3.05) is 13.2 Å². The summed E-state index contributed by atoms with van der Waals surface area (Å²) in [6.07, 6.45) is 22.0. The Morgan fingerprint density at radius 3 is 1.10 bits per heavy atom. The molecule has 0 amide bonds. The van der Waals surface area contributed by atoms with Gasteiger partial charge in [0.1, 0.15) is 0 Å². The molecule has 0 aliphatic heterocycles. The van der Waals surface area contributed by atoms with Crippen molar-refractivity contribution in [2.24, 2.45) is 0 Å². The summed E-state index contributed by atoms with van der Waals surface area (Å²) in [4.78, 5) is 23.4. The Morgan fingerprint density at radius 1 is 0.433 bits per heavy atom. The van der Waals surface area contributed by atoms with Gasteiger partial charge < -0.3 is 9.47 Å². The van der Waals surface area contributed by atoms with Gasteiger partial charge in [-0.3, -0.25) is 9.59 Å². The Kier molecular flexibility index (Phi) is 23.4. The third kappa shape index (κ3) is 23.2. The molecule has 0 aromatic carbocycles. The summed E-state index contributed by atoms with van der Waals surface area (Å²) >= 11 is 0. The van der Waals surface area contributed by atoms with Gasteiger partial charge in [-0.25, -0.2) is 0 Å². The van der Waals surface area contributed by atoms with E-state index in [1.165, 1.54) is 64.2 Å². The Balaban J connectivity index is 3.25. The van der Waals surface area contributed by atoms with Crippen molar-refractivity contribution in [1.82, 2.24) is 0 Å². The molecule has 178 valence electrons. The van der Waals surface area contributed by atoms with Crippen LogP contribution in [0.5, 0.6) is 0 Å². The van der Waals surface area contributed by atoms with E-state index in [2.05, 4.69) is 13.8 Å². The first kappa shape index (κ1) is 28.9. The van der Waals surface area contributed by atoms with Crippen LogP contribution in [0.4, 0.5) is 0 Å². The molecule has 0 aliphatic carbocycles. The minimum absolute atomic E-state index is 0.0529. The maximum absolute atomic E-state index is 11.7. The molecule has 4 heteroatoms. The van der Waals surface area contributed by atoms with Gasteiger partial charge in [-0.1, -0.05) is 90.9 Å². The molecule has 0 radical (unpaired) electrons. The predicted molar refractivity (Wildman–Crippen MR) is 126 cm³/mol. The van der Waals surface area contributed by atoms with E-state index in [0.717, 1.165) is 51.4 Å². The van der Waals surface area contributed by atoms with Crippen molar-refractivity contribution in [1.29, 1.82) is 0 Å². The van der Waals surface area contributed by atoms with Gasteiger partial charge in [0, 0.05) is 12.8 Å². The first-order valence-corrected chi connectivity index (χ1v) is 13.0. The molecule has 0 spiro atoms. The van der Waals surface area contributed by atoms with Gasteiger partial charge in [0.25, 0.3) is 0 Å². The van der Waals surface area contributed by atoms with E-state index in [-0.39, 0.29) is 11.9 Å². The lowest BCUT2D eigenvalue weighted by Crippen LogP contribution is -2.07. The number of ether oxygens (including phenoxy) is 2. The maximum atomic E-state index is 11.7. The number of hydrogen-bond acceptors (Lipinski definition) is 4. The van der Waals surface area contributed by atoms with Gasteiger partial charge >= 0.3 is 11.9 Å². The summed E-state index contributed by atoms with van der Waals surface area (Å²) in [5, 5.41) is 0. The fraction of sp³-hybridized carbons (Fsp3) is 0.923. The van der Waals surface area contributed by atoms with Crippen LogP contribution in [0.15, 0.2) is 0 Å². The Morgan fingerprint density at radius 2 is 0.733 bits per heavy atom. The Hall–Kier alpha value is -1.06. The van der Waals surface area contributed by atoms with Crippen LogP contribution in [0.1, 0.15) is 142 Å². The first-order valence-electron chi connectivity index (χ1n) is 13.0. The average molecular weight is 427 g/mol. The Bertz CT molecular complexity index is 345. The molecule has 0 N–H and O–H groups in total. The molecule has 0 bridgehead atoms. The summed E-state index contributed by atoms with van der Waals surface area (Å²) < 4.78 is 10.6.